The van der Waals surface area contributed by atoms with Crippen LogP contribution in [0.15, 0.2) is 44.8 Å². The van der Waals surface area contributed by atoms with Gasteiger partial charge in [-0.2, -0.15) is 0 Å². The van der Waals surface area contributed by atoms with Crippen LogP contribution in [0.3, 0.4) is 0 Å². The van der Waals surface area contributed by atoms with Gasteiger partial charge in [0.1, 0.15) is 11.3 Å². The van der Waals surface area contributed by atoms with E-state index in [4.69, 9.17) is 4.42 Å². The van der Waals surface area contributed by atoms with E-state index in [1.165, 1.54) is 31.3 Å². The summed E-state index contributed by atoms with van der Waals surface area (Å²) in [6.45, 7) is 0. The molecule has 1 aromatic heterocycles. The van der Waals surface area contributed by atoms with Crippen molar-refractivity contribution in [2.75, 3.05) is 7.05 Å². The largest absolute Gasteiger partial charge is 0.458 e. The molecule has 2 nitrogen and oxygen atoms in total. The van der Waals surface area contributed by atoms with E-state index in [-0.39, 0.29) is 6.04 Å². The third-order valence-electron chi connectivity index (χ3n) is 3.79. The Balaban J connectivity index is 2.01. The van der Waals surface area contributed by atoms with E-state index in [1.807, 2.05) is 19.2 Å². The molecule has 0 saturated carbocycles. The predicted octanol–water partition coefficient (Wildman–Crippen LogP) is 4.96. The van der Waals surface area contributed by atoms with Crippen LogP contribution in [0.2, 0.25) is 0 Å². The van der Waals surface area contributed by atoms with E-state index in [1.54, 1.807) is 0 Å². The SMILES string of the molecule is CNC(C1=CCCCC1)c1cc2cccc(Br)c2o1. The minimum absolute atomic E-state index is 0.208. The Kier molecular flexibility index (Phi) is 3.76. The summed E-state index contributed by atoms with van der Waals surface area (Å²) in [5.41, 5.74) is 2.40. The first-order valence-electron chi connectivity index (χ1n) is 6.84. The van der Waals surface area contributed by atoms with E-state index < -0.39 is 0 Å². The minimum Gasteiger partial charge on any atom is -0.458 e. The van der Waals surface area contributed by atoms with Crippen LogP contribution in [-0.4, -0.2) is 7.05 Å². The fourth-order valence-electron chi connectivity index (χ4n) is 2.83. The molecule has 0 amide bonds. The van der Waals surface area contributed by atoms with Crippen molar-refractivity contribution in [1.29, 1.82) is 0 Å². The van der Waals surface area contributed by atoms with Gasteiger partial charge in [-0.3, -0.25) is 0 Å². The molecule has 3 heteroatoms. The first kappa shape index (κ1) is 12.9. The van der Waals surface area contributed by atoms with Gasteiger partial charge in [0.15, 0.2) is 0 Å². The summed E-state index contributed by atoms with van der Waals surface area (Å²) in [7, 11) is 2.00. The zero-order chi connectivity index (χ0) is 13.2. The van der Waals surface area contributed by atoms with Crippen molar-refractivity contribution in [1.82, 2.24) is 5.32 Å². The van der Waals surface area contributed by atoms with Crippen molar-refractivity contribution < 1.29 is 4.42 Å². The monoisotopic (exact) mass is 319 g/mol. The fraction of sp³-hybridized carbons (Fsp3) is 0.375. The molecule has 0 saturated heterocycles. The molecule has 1 aliphatic rings. The number of nitrogens with one attached hydrogen (secondary N) is 1. The second kappa shape index (κ2) is 5.51. The molecule has 1 aromatic carbocycles. The maximum atomic E-state index is 6.05. The topological polar surface area (TPSA) is 25.2 Å². The minimum atomic E-state index is 0.208. The molecule has 0 radical (unpaired) electrons. The highest BCUT2D eigenvalue weighted by Gasteiger charge is 2.20. The fourth-order valence-corrected chi connectivity index (χ4v) is 3.29. The Hall–Kier alpha value is -1.06. The maximum Gasteiger partial charge on any atom is 0.148 e. The zero-order valence-corrected chi connectivity index (χ0v) is 12.7. The summed E-state index contributed by atoms with van der Waals surface area (Å²) >= 11 is 3.55. The molecular weight excluding hydrogens is 302 g/mol. The molecular formula is C16H18BrNO. The van der Waals surface area contributed by atoms with E-state index in [0.29, 0.717) is 0 Å². The highest BCUT2D eigenvalue weighted by atomic mass is 79.9. The molecule has 1 heterocycles. The molecule has 0 aliphatic heterocycles. The lowest BCUT2D eigenvalue weighted by Gasteiger charge is -2.21. The Morgan fingerprint density at radius 1 is 1.32 bits per heavy atom. The summed E-state index contributed by atoms with van der Waals surface area (Å²) in [5, 5.41) is 4.54. The molecule has 19 heavy (non-hydrogen) atoms. The standard InChI is InChI=1S/C16H18BrNO/c1-18-15(11-6-3-2-4-7-11)14-10-12-8-5-9-13(17)16(12)19-14/h5-6,8-10,15,18H,2-4,7H2,1H3. The van der Waals surface area contributed by atoms with Crippen LogP contribution in [0.1, 0.15) is 37.5 Å². The van der Waals surface area contributed by atoms with Crippen molar-refractivity contribution in [3.05, 3.63) is 46.1 Å². The number of rotatable bonds is 3. The number of furan rings is 1. The van der Waals surface area contributed by atoms with Crippen LogP contribution in [0, 0.1) is 0 Å². The van der Waals surface area contributed by atoms with Crippen LogP contribution in [0.5, 0.6) is 0 Å². The van der Waals surface area contributed by atoms with Gasteiger partial charge < -0.3 is 9.73 Å². The van der Waals surface area contributed by atoms with Crippen molar-refractivity contribution in [3.8, 4) is 0 Å². The van der Waals surface area contributed by atoms with Crippen LogP contribution in [0.4, 0.5) is 0 Å². The third-order valence-corrected chi connectivity index (χ3v) is 4.41. The van der Waals surface area contributed by atoms with Gasteiger partial charge in [-0.25, -0.2) is 0 Å². The van der Waals surface area contributed by atoms with Gasteiger partial charge in [-0.15, -0.1) is 0 Å². The lowest BCUT2D eigenvalue weighted by molar-refractivity contribution is 0.470. The number of halogens is 1. The second-order valence-corrected chi connectivity index (χ2v) is 5.91. The molecule has 3 rings (SSSR count). The average Bonchev–Trinajstić information content (AvgIpc) is 2.86. The van der Waals surface area contributed by atoms with Crippen molar-refractivity contribution in [2.45, 2.75) is 31.7 Å². The summed E-state index contributed by atoms with van der Waals surface area (Å²) in [5.74, 6) is 1.01. The molecule has 1 N–H and O–H groups in total. The van der Waals surface area contributed by atoms with Crippen LogP contribution < -0.4 is 5.32 Å². The number of hydrogen-bond acceptors (Lipinski definition) is 2. The summed E-state index contributed by atoms with van der Waals surface area (Å²) in [6.07, 6.45) is 7.33. The molecule has 1 aliphatic carbocycles. The van der Waals surface area contributed by atoms with E-state index in [2.05, 4.69) is 39.5 Å². The van der Waals surface area contributed by atoms with Gasteiger partial charge in [0.2, 0.25) is 0 Å². The third kappa shape index (κ3) is 2.49. The molecule has 1 unspecified atom stereocenters. The summed E-state index contributed by atoms with van der Waals surface area (Å²) < 4.78 is 7.07. The second-order valence-electron chi connectivity index (χ2n) is 5.05. The van der Waals surface area contributed by atoms with Gasteiger partial charge in [-0.1, -0.05) is 18.2 Å². The number of allylic oxidation sites excluding steroid dienone is 1. The van der Waals surface area contributed by atoms with Crippen LogP contribution >= 0.6 is 15.9 Å². The average molecular weight is 320 g/mol. The van der Waals surface area contributed by atoms with Gasteiger partial charge in [0, 0.05) is 5.39 Å². The van der Waals surface area contributed by atoms with Crippen molar-refractivity contribution >= 4 is 26.9 Å². The molecule has 0 bridgehead atoms. The van der Waals surface area contributed by atoms with Gasteiger partial charge in [0.25, 0.3) is 0 Å². The Bertz CT molecular complexity index is 614. The molecule has 0 spiro atoms. The molecule has 100 valence electrons. The Morgan fingerprint density at radius 2 is 2.21 bits per heavy atom. The summed E-state index contributed by atoms with van der Waals surface area (Å²) in [4.78, 5) is 0. The Morgan fingerprint density at radius 3 is 2.89 bits per heavy atom. The van der Waals surface area contributed by atoms with E-state index in [0.717, 1.165) is 21.2 Å². The lowest BCUT2D eigenvalue weighted by Crippen LogP contribution is -2.19. The normalized spacial score (nSPS) is 17.5. The number of benzene rings is 1. The highest BCUT2D eigenvalue weighted by Crippen LogP contribution is 2.34. The first-order valence-corrected chi connectivity index (χ1v) is 7.63. The van der Waals surface area contributed by atoms with Crippen molar-refractivity contribution in [3.63, 3.8) is 0 Å². The molecule has 2 aromatic rings. The first-order chi connectivity index (χ1) is 9.29. The molecule has 1 atom stereocenters. The number of likely N-dealkylation sites (N-methyl/N-ethyl adjacent to an activating group) is 1. The lowest BCUT2D eigenvalue weighted by atomic mass is 9.92. The smallest absolute Gasteiger partial charge is 0.148 e. The Labute approximate surface area is 122 Å². The summed E-state index contributed by atoms with van der Waals surface area (Å²) in [6, 6.07) is 8.51. The highest BCUT2D eigenvalue weighted by molar-refractivity contribution is 9.10. The zero-order valence-electron chi connectivity index (χ0n) is 11.1. The van der Waals surface area contributed by atoms with Gasteiger partial charge >= 0.3 is 0 Å². The number of para-hydroxylation sites is 1. The van der Waals surface area contributed by atoms with Crippen LogP contribution in [0.25, 0.3) is 11.0 Å². The maximum absolute atomic E-state index is 6.05. The predicted molar refractivity (Wildman–Crippen MR) is 82.3 cm³/mol. The van der Waals surface area contributed by atoms with Gasteiger partial charge in [-0.05, 0) is 66.4 Å². The number of fused-ring (bicyclic) bond motifs is 1. The van der Waals surface area contributed by atoms with Gasteiger partial charge in [0.05, 0.1) is 10.5 Å². The van der Waals surface area contributed by atoms with Crippen molar-refractivity contribution in [2.24, 2.45) is 0 Å². The van der Waals surface area contributed by atoms with E-state index in [9.17, 15) is 0 Å². The van der Waals surface area contributed by atoms with E-state index >= 15 is 0 Å². The van der Waals surface area contributed by atoms with Crippen LogP contribution in [-0.2, 0) is 0 Å². The molecule has 0 fully saturated rings. The number of hydrogen-bond donors (Lipinski definition) is 1. The quantitative estimate of drug-likeness (QED) is 0.809.